The number of Topliss-reactive ketones (excluding diaryl/α,β-unsaturated/α-hetero) is 1. The van der Waals surface area contributed by atoms with Gasteiger partial charge < -0.3 is 9.88 Å². The Morgan fingerprint density at radius 1 is 1.32 bits per heavy atom. The van der Waals surface area contributed by atoms with Crippen molar-refractivity contribution in [3.8, 4) is 17.3 Å². The standard InChI is InChI=1S/C22H23ClN6O2/c1-14(25-22(31)21-13-28(16(3)26-21)8-6-15(2)30)12-29-9-7-20(27-29)17-4-5-18(11-24)19(23)10-17/h4-5,7,9-10,13-14H,6,8,12H2,1-3H3,(H,25,31)/t14-/m0/s1. The highest BCUT2D eigenvalue weighted by Crippen LogP contribution is 2.24. The molecule has 3 rings (SSSR count). The van der Waals surface area contributed by atoms with Gasteiger partial charge in [0.25, 0.3) is 5.91 Å². The summed E-state index contributed by atoms with van der Waals surface area (Å²) in [6, 6.07) is 8.87. The molecule has 0 aliphatic carbocycles. The summed E-state index contributed by atoms with van der Waals surface area (Å²) in [6.45, 7) is 6.21. The molecule has 1 amide bonds. The highest BCUT2D eigenvalue weighted by atomic mass is 35.5. The lowest BCUT2D eigenvalue weighted by atomic mass is 10.1. The van der Waals surface area contributed by atoms with Crippen molar-refractivity contribution in [2.24, 2.45) is 0 Å². The van der Waals surface area contributed by atoms with Crippen molar-refractivity contribution < 1.29 is 9.59 Å². The van der Waals surface area contributed by atoms with E-state index in [1.54, 1.807) is 36.0 Å². The molecule has 8 nitrogen and oxygen atoms in total. The number of nitrogens with zero attached hydrogens (tertiary/aromatic N) is 5. The molecule has 1 aromatic carbocycles. The van der Waals surface area contributed by atoms with Crippen LogP contribution in [0.4, 0.5) is 0 Å². The molecule has 31 heavy (non-hydrogen) atoms. The number of hydrogen-bond acceptors (Lipinski definition) is 5. The Morgan fingerprint density at radius 3 is 2.77 bits per heavy atom. The van der Waals surface area contributed by atoms with Gasteiger partial charge >= 0.3 is 0 Å². The van der Waals surface area contributed by atoms with Gasteiger partial charge in [0, 0.05) is 37.0 Å². The predicted octanol–water partition coefficient (Wildman–Crippen LogP) is 3.38. The number of carbonyl (C=O) groups is 2. The van der Waals surface area contributed by atoms with Crippen LogP contribution in [0.2, 0.25) is 5.02 Å². The molecule has 0 saturated heterocycles. The fraction of sp³-hybridized carbons (Fsp3) is 0.318. The average molecular weight is 439 g/mol. The van der Waals surface area contributed by atoms with Crippen molar-refractivity contribution in [3.63, 3.8) is 0 Å². The van der Waals surface area contributed by atoms with Gasteiger partial charge in [0.2, 0.25) is 0 Å². The van der Waals surface area contributed by atoms with Crippen LogP contribution in [0.15, 0.2) is 36.7 Å². The topological polar surface area (TPSA) is 106 Å². The Morgan fingerprint density at radius 2 is 2.10 bits per heavy atom. The third-order valence-electron chi connectivity index (χ3n) is 4.78. The summed E-state index contributed by atoms with van der Waals surface area (Å²) < 4.78 is 3.55. The van der Waals surface area contributed by atoms with Crippen molar-refractivity contribution in [1.82, 2.24) is 24.6 Å². The highest BCUT2D eigenvalue weighted by Gasteiger charge is 2.16. The summed E-state index contributed by atoms with van der Waals surface area (Å²) in [6.07, 6.45) is 3.90. The maximum Gasteiger partial charge on any atom is 0.271 e. The number of halogens is 1. The van der Waals surface area contributed by atoms with Crippen molar-refractivity contribution in [2.45, 2.75) is 46.3 Å². The maximum atomic E-state index is 12.5. The molecule has 3 aromatic rings. The van der Waals surface area contributed by atoms with Crippen molar-refractivity contribution in [3.05, 3.63) is 58.8 Å². The van der Waals surface area contributed by atoms with Gasteiger partial charge in [-0.1, -0.05) is 17.7 Å². The zero-order valence-electron chi connectivity index (χ0n) is 17.6. The van der Waals surface area contributed by atoms with Gasteiger partial charge in [-0.25, -0.2) is 4.98 Å². The average Bonchev–Trinajstić information content (AvgIpc) is 3.32. The summed E-state index contributed by atoms with van der Waals surface area (Å²) in [5, 5.41) is 16.8. The predicted molar refractivity (Wildman–Crippen MR) is 117 cm³/mol. The smallest absolute Gasteiger partial charge is 0.271 e. The van der Waals surface area contributed by atoms with Crippen LogP contribution >= 0.6 is 11.6 Å². The van der Waals surface area contributed by atoms with Crippen LogP contribution in [0.1, 0.15) is 42.1 Å². The van der Waals surface area contributed by atoms with E-state index in [4.69, 9.17) is 16.9 Å². The number of benzene rings is 1. The fourth-order valence-corrected chi connectivity index (χ4v) is 3.35. The zero-order chi connectivity index (χ0) is 22.5. The van der Waals surface area contributed by atoms with E-state index in [-0.39, 0.29) is 17.7 Å². The fourth-order valence-electron chi connectivity index (χ4n) is 3.13. The number of amides is 1. The normalized spacial score (nSPS) is 11.7. The summed E-state index contributed by atoms with van der Waals surface area (Å²) in [5.41, 5.74) is 2.28. The van der Waals surface area contributed by atoms with Crippen LogP contribution < -0.4 is 5.32 Å². The van der Waals surface area contributed by atoms with Crippen LogP contribution in [-0.2, 0) is 17.9 Å². The van der Waals surface area contributed by atoms with Gasteiger partial charge in [0.05, 0.1) is 22.8 Å². The molecule has 160 valence electrons. The third kappa shape index (κ3) is 5.58. The first-order chi connectivity index (χ1) is 14.8. The monoisotopic (exact) mass is 438 g/mol. The van der Waals surface area contributed by atoms with E-state index in [0.29, 0.717) is 41.6 Å². The molecule has 2 heterocycles. The lowest BCUT2D eigenvalue weighted by molar-refractivity contribution is -0.117. The van der Waals surface area contributed by atoms with Crippen LogP contribution in [0.3, 0.4) is 0 Å². The van der Waals surface area contributed by atoms with Crippen LogP contribution in [0, 0.1) is 18.3 Å². The molecule has 0 bridgehead atoms. The Bertz CT molecular complexity index is 1160. The van der Waals surface area contributed by atoms with Crippen LogP contribution in [0.25, 0.3) is 11.3 Å². The number of imidazole rings is 1. The Labute approximate surface area is 185 Å². The van der Waals surface area contributed by atoms with Gasteiger partial charge in [-0.2, -0.15) is 10.4 Å². The lowest BCUT2D eigenvalue weighted by Gasteiger charge is -2.13. The first kappa shape index (κ1) is 22.2. The minimum atomic E-state index is -0.275. The molecular formula is C22H23ClN6O2. The molecular weight excluding hydrogens is 416 g/mol. The molecule has 2 aromatic heterocycles. The number of aromatic nitrogens is 4. The van der Waals surface area contributed by atoms with Gasteiger partial charge in [-0.05, 0) is 39.0 Å². The number of hydrogen-bond donors (Lipinski definition) is 1. The van der Waals surface area contributed by atoms with Crippen LogP contribution in [-0.4, -0.2) is 37.1 Å². The van der Waals surface area contributed by atoms with Crippen LogP contribution in [0.5, 0.6) is 0 Å². The van der Waals surface area contributed by atoms with Gasteiger partial charge in [-0.15, -0.1) is 0 Å². The summed E-state index contributed by atoms with van der Waals surface area (Å²) in [5.74, 6) is 0.509. The summed E-state index contributed by atoms with van der Waals surface area (Å²) >= 11 is 6.11. The van der Waals surface area contributed by atoms with E-state index in [0.717, 1.165) is 11.3 Å². The molecule has 1 atom stereocenters. The number of nitrogens with one attached hydrogen (secondary N) is 1. The van der Waals surface area contributed by atoms with E-state index in [1.165, 1.54) is 6.92 Å². The highest BCUT2D eigenvalue weighted by molar-refractivity contribution is 6.32. The van der Waals surface area contributed by atoms with Gasteiger partial charge in [0.1, 0.15) is 23.4 Å². The Balaban J connectivity index is 1.61. The molecule has 0 saturated carbocycles. The molecule has 0 radical (unpaired) electrons. The number of aryl methyl sites for hydroxylation is 2. The van der Waals surface area contributed by atoms with E-state index >= 15 is 0 Å². The minimum absolute atomic E-state index is 0.0922. The van der Waals surface area contributed by atoms with E-state index in [2.05, 4.69) is 15.4 Å². The molecule has 0 aliphatic heterocycles. The van der Waals surface area contributed by atoms with Crippen molar-refractivity contribution in [2.75, 3.05) is 0 Å². The minimum Gasteiger partial charge on any atom is -0.346 e. The molecule has 0 spiro atoms. The number of rotatable bonds is 8. The largest absolute Gasteiger partial charge is 0.346 e. The number of carbonyl (C=O) groups excluding carboxylic acids is 2. The maximum absolute atomic E-state index is 12.5. The second-order valence-corrected chi connectivity index (χ2v) is 7.83. The third-order valence-corrected chi connectivity index (χ3v) is 5.09. The lowest BCUT2D eigenvalue weighted by Crippen LogP contribution is -2.36. The number of ketones is 1. The summed E-state index contributed by atoms with van der Waals surface area (Å²) in [4.78, 5) is 28.0. The van der Waals surface area contributed by atoms with Crippen molar-refractivity contribution in [1.29, 1.82) is 5.26 Å². The Kier molecular flexibility index (Phi) is 6.88. The van der Waals surface area contributed by atoms with Gasteiger partial charge in [-0.3, -0.25) is 14.3 Å². The first-order valence-corrected chi connectivity index (χ1v) is 10.2. The SMILES string of the molecule is CC(=O)CCn1cc(C(=O)N[C@@H](C)Cn2ccc(-c3ccc(C#N)c(Cl)c3)n2)nc1C. The van der Waals surface area contributed by atoms with Crippen molar-refractivity contribution >= 4 is 23.3 Å². The molecule has 0 aliphatic rings. The summed E-state index contributed by atoms with van der Waals surface area (Å²) in [7, 11) is 0. The zero-order valence-corrected chi connectivity index (χ0v) is 18.3. The molecule has 0 unspecified atom stereocenters. The van der Waals surface area contributed by atoms with E-state index in [9.17, 15) is 9.59 Å². The second kappa shape index (κ2) is 9.58. The van der Waals surface area contributed by atoms with E-state index < -0.39 is 0 Å². The quantitative estimate of drug-likeness (QED) is 0.580. The Hall–Kier alpha value is -3.44. The number of nitriles is 1. The molecule has 0 fully saturated rings. The second-order valence-electron chi connectivity index (χ2n) is 7.42. The van der Waals surface area contributed by atoms with E-state index in [1.807, 2.05) is 29.8 Å². The molecule has 1 N–H and O–H groups in total. The van der Waals surface area contributed by atoms with Gasteiger partial charge in [0.15, 0.2) is 0 Å². The molecule has 9 heteroatoms. The first-order valence-electron chi connectivity index (χ1n) is 9.84.